The van der Waals surface area contributed by atoms with Crippen molar-refractivity contribution in [3.05, 3.63) is 35.9 Å². The van der Waals surface area contributed by atoms with Gasteiger partial charge < -0.3 is 20.4 Å². The van der Waals surface area contributed by atoms with Gasteiger partial charge in [0.2, 0.25) is 0 Å². The van der Waals surface area contributed by atoms with Crippen molar-refractivity contribution in [3.8, 4) is 0 Å². The number of aliphatic carboxylic acids is 1. The molecule has 0 spiro atoms. The number of carbonyl (C=O) groups is 2. The summed E-state index contributed by atoms with van der Waals surface area (Å²) in [6.07, 6.45) is 0.945. The Morgan fingerprint density at radius 3 is 2.43 bits per heavy atom. The number of aliphatic hydroxyl groups excluding tert-OH is 1. The zero-order valence-electron chi connectivity index (χ0n) is 11.7. The van der Waals surface area contributed by atoms with Crippen LogP contribution in [0.5, 0.6) is 0 Å². The molecule has 114 valence electrons. The Labute approximate surface area is 123 Å². The Bertz CT molecular complexity index is 484. The summed E-state index contributed by atoms with van der Waals surface area (Å²) in [6, 6.07) is 7.86. The van der Waals surface area contributed by atoms with Crippen LogP contribution >= 0.6 is 0 Å². The number of nitrogens with one attached hydrogen (secondary N) is 1. The molecule has 1 saturated heterocycles. The molecule has 6 heteroatoms. The lowest BCUT2D eigenvalue weighted by molar-refractivity contribution is -0.139. The molecule has 6 nitrogen and oxygen atoms in total. The summed E-state index contributed by atoms with van der Waals surface area (Å²) < 4.78 is 0. The van der Waals surface area contributed by atoms with Crippen molar-refractivity contribution in [3.63, 3.8) is 0 Å². The number of hydrogen-bond donors (Lipinski definition) is 3. The maximum atomic E-state index is 12.1. The predicted molar refractivity (Wildman–Crippen MR) is 76.9 cm³/mol. The standard InChI is InChI=1S/C15H20N2O4/c18-12-6-8-17(9-7-12)15(21)16-13(14(19)20)10-11-4-2-1-3-5-11/h1-5,12-13,18H,6-10H2,(H,16,21)(H,19,20)/t13-/m0/s1. The molecule has 0 radical (unpaired) electrons. The van der Waals surface area contributed by atoms with Crippen LogP contribution < -0.4 is 5.32 Å². The molecule has 1 aliphatic heterocycles. The van der Waals surface area contributed by atoms with E-state index in [1.54, 1.807) is 4.90 Å². The largest absolute Gasteiger partial charge is 0.480 e. The summed E-state index contributed by atoms with van der Waals surface area (Å²) >= 11 is 0. The van der Waals surface area contributed by atoms with Crippen LogP contribution in [0.25, 0.3) is 0 Å². The summed E-state index contributed by atoms with van der Waals surface area (Å²) in [7, 11) is 0. The highest BCUT2D eigenvalue weighted by Gasteiger charge is 2.26. The molecule has 1 aromatic rings. The summed E-state index contributed by atoms with van der Waals surface area (Å²) in [5, 5.41) is 21.2. The van der Waals surface area contributed by atoms with Gasteiger partial charge in [0.25, 0.3) is 0 Å². The number of likely N-dealkylation sites (tertiary alicyclic amines) is 1. The molecular formula is C15H20N2O4. The maximum absolute atomic E-state index is 12.1. The highest BCUT2D eigenvalue weighted by Crippen LogP contribution is 2.10. The number of carboxylic acids is 1. The van der Waals surface area contributed by atoms with Gasteiger partial charge in [-0.25, -0.2) is 9.59 Å². The molecule has 0 aliphatic carbocycles. The lowest BCUT2D eigenvalue weighted by atomic mass is 10.1. The van der Waals surface area contributed by atoms with Crippen molar-refractivity contribution in [2.45, 2.75) is 31.4 Å². The van der Waals surface area contributed by atoms with Crippen molar-refractivity contribution in [2.24, 2.45) is 0 Å². The number of carbonyl (C=O) groups excluding carboxylic acids is 1. The first kappa shape index (κ1) is 15.3. The van der Waals surface area contributed by atoms with Crippen molar-refractivity contribution >= 4 is 12.0 Å². The average molecular weight is 292 g/mol. The van der Waals surface area contributed by atoms with Crippen LogP contribution in [-0.2, 0) is 11.2 Å². The number of aliphatic hydroxyl groups is 1. The molecule has 0 unspecified atom stereocenters. The van der Waals surface area contributed by atoms with E-state index in [2.05, 4.69) is 5.32 Å². The van der Waals surface area contributed by atoms with E-state index in [0.29, 0.717) is 25.9 Å². The van der Waals surface area contributed by atoms with Gasteiger partial charge in [-0.05, 0) is 18.4 Å². The van der Waals surface area contributed by atoms with Crippen molar-refractivity contribution < 1.29 is 19.8 Å². The van der Waals surface area contributed by atoms with Gasteiger partial charge in [0.1, 0.15) is 6.04 Å². The minimum atomic E-state index is -1.05. The number of amides is 2. The number of urea groups is 1. The highest BCUT2D eigenvalue weighted by molar-refractivity contribution is 5.82. The number of carboxylic acid groups (broad SMARTS) is 1. The fourth-order valence-corrected chi connectivity index (χ4v) is 2.36. The van der Waals surface area contributed by atoms with E-state index in [4.69, 9.17) is 0 Å². The third kappa shape index (κ3) is 4.46. The zero-order valence-corrected chi connectivity index (χ0v) is 11.7. The summed E-state index contributed by atoms with van der Waals surface area (Å²) in [5.41, 5.74) is 0.860. The maximum Gasteiger partial charge on any atom is 0.326 e. The van der Waals surface area contributed by atoms with E-state index in [9.17, 15) is 19.8 Å². The Hall–Kier alpha value is -2.08. The second kappa shape index (κ2) is 7.08. The number of benzene rings is 1. The van der Waals surface area contributed by atoms with Crippen LogP contribution in [-0.4, -0.2) is 52.3 Å². The van der Waals surface area contributed by atoms with Gasteiger partial charge >= 0.3 is 12.0 Å². The molecule has 21 heavy (non-hydrogen) atoms. The molecule has 2 amide bonds. The lowest BCUT2D eigenvalue weighted by Gasteiger charge is -2.30. The third-order valence-electron chi connectivity index (χ3n) is 3.63. The quantitative estimate of drug-likeness (QED) is 0.767. The van der Waals surface area contributed by atoms with Gasteiger partial charge in [0, 0.05) is 19.5 Å². The number of nitrogens with zero attached hydrogens (tertiary/aromatic N) is 1. The molecule has 3 N–H and O–H groups in total. The first-order valence-electron chi connectivity index (χ1n) is 7.06. The molecular weight excluding hydrogens is 272 g/mol. The summed E-state index contributed by atoms with van der Waals surface area (Å²) in [5.74, 6) is -1.05. The lowest BCUT2D eigenvalue weighted by Crippen LogP contribution is -2.51. The van der Waals surface area contributed by atoms with E-state index >= 15 is 0 Å². The highest BCUT2D eigenvalue weighted by atomic mass is 16.4. The molecule has 1 atom stereocenters. The van der Waals surface area contributed by atoms with E-state index < -0.39 is 12.0 Å². The van der Waals surface area contributed by atoms with E-state index in [1.165, 1.54) is 0 Å². The molecule has 0 aromatic heterocycles. The van der Waals surface area contributed by atoms with Crippen molar-refractivity contribution in [1.29, 1.82) is 0 Å². The molecule has 1 heterocycles. The molecule has 1 aromatic carbocycles. The Kier molecular flexibility index (Phi) is 5.16. The molecule has 0 bridgehead atoms. The molecule has 1 aliphatic rings. The number of hydrogen-bond acceptors (Lipinski definition) is 3. The van der Waals surface area contributed by atoms with Crippen LogP contribution in [0.3, 0.4) is 0 Å². The smallest absolute Gasteiger partial charge is 0.326 e. The van der Waals surface area contributed by atoms with Crippen LogP contribution in [0.15, 0.2) is 30.3 Å². The van der Waals surface area contributed by atoms with Crippen molar-refractivity contribution in [2.75, 3.05) is 13.1 Å². The van der Waals surface area contributed by atoms with E-state index in [0.717, 1.165) is 5.56 Å². The van der Waals surface area contributed by atoms with Gasteiger partial charge in [-0.2, -0.15) is 0 Å². The molecule has 2 rings (SSSR count). The SMILES string of the molecule is O=C(O)[C@H](Cc1ccccc1)NC(=O)N1CCC(O)CC1. The van der Waals surface area contributed by atoms with Crippen LogP contribution in [0.4, 0.5) is 4.79 Å². The fourth-order valence-electron chi connectivity index (χ4n) is 2.36. The van der Waals surface area contributed by atoms with Crippen LogP contribution in [0.2, 0.25) is 0 Å². The second-order valence-corrected chi connectivity index (χ2v) is 5.25. The number of piperidine rings is 1. The first-order valence-corrected chi connectivity index (χ1v) is 7.06. The van der Waals surface area contributed by atoms with Crippen LogP contribution in [0, 0.1) is 0 Å². The normalized spacial score (nSPS) is 17.3. The molecule has 1 fully saturated rings. The predicted octanol–water partition coefficient (Wildman–Crippen LogP) is 0.849. The van der Waals surface area contributed by atoms with E-state index in [1.807, 2.05) is 30.3 Å². The zero-order chi connectivity index (χ0) is 15.2. The van der Waals surface area contributed by atoms with Gasteiger partial charge in [-0.3, -0.25) is 0 Å². The monoisotopic (exact) mass is 292 g/mol. The Morgan fingerprint density at radius 1 is 1.24 bits per heavy atom. The second-order valence-electron chi connectivity index (χ2n) is 5.25. The van der Waals surface area contributed by atoms with Gasteiger partial charge in [0.15, 0.2) is 0 Å². The molecule has 0 saturated carbocycles. The first-order chi connectivity index (χ1) is 10.1. The van der Waals surface area contributed by atoms with Crippen molar-refractivity contribution in [1.82, 2.24) is 10.2 Å². The number of rotatable bonds is 4. The van der Waals surface area contributed by atoms with Gasteiger partial charge in [0.05, 0.1) is 6.10 Å². The average Bonchev–Trinajstić information content (AvgIpc) is 2.48. The topological polar surface area (TPSA) is 89.9 Å². The fraction of sp³-hybridized carbons (Fsp3) is 0.467. The minimum Gasteiger partial charge on any atom is -0.480 e. The third-order valence-corrected chi connectivity index (χ3v) is 3.63. The van der Waals surface area contributed by atoms with Crippen LogP contribution in [0.1, 0.15) is 18.4 Å². The van der Waals surface area contributed by atoms with Gasteiger partial charge in [-0.15, -0.1) is 0 Å². The Balaban J connectivity index is 1.93. The summed E-state index contributed by atoms with van der Waals surface area (Å²) in [6.45, 7) is 0.898. The van der Waals surface area contributed by atoms with Gasteiger partial charge in [-0.1, -0.05) is 30.3 Å². The van der Waals surface area contributed by atoms with E-state index in [-0.39, 0.29) is 18.6 Å². The minimum absolute atomic E-state index is 0.248. The Morgan fingerprint density at radius 2 is 1.86 bits per heavy atom. The summed E-state index contributed by atoms with van der Waals surface area (Å²) in [4.78, 5) is 24.9.